The van der Waals surface area contributed by atoms with Gasteiger partial charge >= 0.3 is 0 Å². The minimum atomic E-state index is -0.665. The van der Waals surface area contributed by atoms with E-state index in [-0.39, 0.29) is 5.91 Å². The summed E-state index contributed by atoms with van der Waals surface area (Å²) in [6.07, 6.45) is 0. The highest BCUT2D eigenvalue weighted by molar-refractivity contribution is 5.94. The second-order valence-electron chi connectivity index (χ2n) is 6.21. The molecule has 2 saturated heterocycles. The summed E-state index contributed by atoms with van der Waals surface area (Å²) in [5, 5.41) is 13.0. The first kappa shape index (κ1) is 14.5. The maximum Gasteiger partial charge on any atom is 0.249 e. The summed E-state index contributed by atoms with van der Waals surface area (Å²) in [6, 6.07) is 0. The van der Waals surface area contributed by atoms with Crippen LogP contribution in [0.25, 0.3) is 0 Å². The summed E-state index contributed by atoms with van der Waals surface area (Å²) in [7, 11) is 0. The van der Waals surface area contributed by atoms with Gasteiger partial charge in [0.1, 0.15) is 0 Å². The molecule has 2 N–H and O–H groups in total. The zero-order chi connectivity index (χ0) is 14.0. The molecule has 2 heterocycles. The average molecular weight is 267 g/mol. The van der Waals surface area contributed by atoms with Gasteiger partial charge in [-0.3, -0.25) is 9.69 Å². The Hall–Kier alpha value is -0.910. The molecule has 0 unspecified atom stereocenters. The van der Waals surface area contributed by atoms with Gasteiger partial charge in [-0.15, -0.1) is 0 Å². The molecule has 2 rings (SSSR count). The summed E-state index contributed by atoms with van der Waals surface area (Å²) < 4.78 is 0. The van der Waals surface area contributed by atoms with Gasteiger partial charge in [0.05, 0.1) is 5.60 Å². The molecule has 0 radical (unpaired) electrons. The minimum absolute atomic E-state index is 0.180. The largest absolute Gasteiger partial charge is 0.389 e. The Kier molecular flexibility index (Phi) is 4.28. The molecule has 1 amide bonds. The van der Waals surface area contributed by atoms with Crippen molar-refractivity contribution in [2.24, 2.45) is 0 Å². The predicted molar refractivity (Wildman–Crippen MR) is 74.9 cm³/mol. The Balaban J connectivity index is 1.84. The van der Waals surface area contributed by atoms with Crippen LogP contribution in [0.3, 0.4) is 0 Å². The first-order valence-corrected chi connectivity index (χ1v) is 7.00. The van der Waals surface area contributed by atoms with Crippen LogP contribution >= 0.6 is 0 Å². The number of carbonyl (C=O) groups excluding carboxylic acids is 1. The van der Waals surface area contributed by atoms with Gasteiger partial charge in [0.15, 0.2) is 0 Å². The van der Waals surface area contributed by atoms with Crippen molar-refractivity contribution in [3.63, 3.8) is 0 Å². The molecule has 2 aliphatic heterocycles. The summed E-state index contributed by atoms with van der Waals surface area (Å²) >= 11 is 0. The predicted octanol–water partition coefficient (Wildman–Crippen LogP) is -0.179. The molecule has 0 spiro atoms. The number of aliphatic hydroxyl groups is 1. The highest BCUT2D eigenvalue weighted by Gasteiger charge is 2.26. The zero-order valence-electron chi connectivity index (χ0n) is 12.2. The number of carbonyl (C=O) groups is 1. The van der Waals surface area contributed by atoms with Crippen LogP contribution in [0, 0.1) is 0 Å². The number of nitrogens with zero attached hydrogens (tertiary/aromatic N) is 2. The number of nitrogens with one attached hydrogen (secondary N) is 1. The average Bonchev–Trinajstić information content (AvgIpc) is 2.24. The highest BCUT2D eigenvalue weighted by atomic mass is 16.3. The smallest absolute Gasteiger partial charge is 0.249 e. The maximum atomic E-state index is 12.3. The third kappa shape index (κ3) is 3.78. The first-order chi connectivity index (χ1) is 8.87. The van der Waals surface area contributed by atoms with Crippen LogP contribution in [0.2, 0.25) is 0 Å². The molecule has 19 heavy (non-hydrogen) atoms. The van der Waals surface area contributed by atoms with E-state index in [2.05, 4.69) is 10.2 Å². The van der Waals surface area contributed by atoms with E-state index in [4.69, 9.17) is 0 Å². The Morgan fingerprint density at radius 2 is 1.84 bits per heavy atom. The van der Waals surface area contributed by atoms with Gasteiger partial charge in [0.25, 0.3) is 0 Å². The Morgan fingerprint density at radius 3 is 2.26 bits per heavy atom. The van der Waals surface area contributed by atoms with E-state index in [1.807, 2.05) is 25.7 Å². The van der Waals surface area contributed by atoms with Gasteiger partial charge in [-0.05, 0) is 26.3 Å². The number of hydrogen-bond acceptors (Lipinski definition) is 4. The Labute approximate surface area is 115 Å². The van der Waals surface area contributed by atoms with Crippen LogP contribution in [0.4, 0.5) is 0 Å². The molecule has 0 aromatic rings. The molecule has 2 fully saturated rings. The summed E-state index contributed by atoms with van der Waals surface area (Å²) in [4.78, 5) is 16.4. The number of hydrogen-bond donors (Lipinski definition) is 2. The van der Waals surface area contributed by atoms with Crippen LogP contribution in [-0.2, 0) is 4.79 Å². The van der Waals surface area contributed by atoms with Gasteiger partial charge in [-0.1, -0.05) is 0 Å². The highest BCUT2D eigenvalue weighted by Crippen LogP contribution is 2.14. The van der Waals surface area contributed by atoms with Gasteiger partial charge in [-0.25, -0.2) is 0 Å². The van der Waals surface area contributed by atoms with Crippen LogP contribution < -0.4 is 5.32 Å². The van der Waals surface area contributed by atoms with E-state index in [0.29, 0.717) is 6.54 Å². The minimum Gasteiger partial charge on any atom is -0.389 e. The summed E-state index contributed by atoms with van der Waals surface area (Å²) in [6.45, 7) is 11.2. The topological polar surface area (TPSA) is 55.8 Å². The molecule has 0 atom stereocenters. The number of β-amino-alcohol motifs (C(OH)–C–C–N with tert-alkyl or cyclic N) is 1. The van der Waals surface area contributed by atoms with Gasteiger partial charge in [-0.2, -0.15) is 0 Å². The van der Waals surface area contributed by atoms with Crippen LogP contribution in [0.15, 0.2) is 11.1 Å². The molecule has 0 aromatic heterocycles. The number of amides is 1. The lowest BCUT2D eigenvalue weighted by Crippen LogP contribution is -2.52. The molecule has 0 aliphatic carbocycles. The van der Waals surface area contributed by atoms with Crippen molar-refractivity contribution in [2.75, 3.05) is 45.8 Å². The molecular weight excluding hydrogens is 242 g/mol. The van der Waals surface area contributed by atoms with Crippen molar-refractivity contribution >= 4 is 5.91 Å². The van der Waals surface area contributed by atoms with Gasteiger partial charge in [0.2, 0.25) is 5.91 Å². The maximum absolute atomic E-state index is 12.3. The zero-order valence-corrected chi connectivity index (χ0v) is 12.2. The molecule has 0 bridgehead atoms. The normalized spacial score (nSPS) is 21.3. The summed E-state index contributed by atoms with van der Waals surface area (Å²) in [5.74, 6) is 0.180. The van der Waals surface area contributed by atoms with Crippen molar-refractivity contribution in [1.82, 2.24) is 15.1 Å². The van der Waals surface area contributed by atoms with E-state index in [1.54, 1.807) is 0 Å². The lowest BCUT2D eigenvalue weighted by molar-refractivity contribution is -0.129. The molecule has 0 aromatic carbocycles. The fourth-order valence-corrected chi connectivity index (χ4v) is 2.56. The van der Waals surface area contributed by atoms with Crippen molar-refractivity contribution in [1.29, 1.82) is 0 Å². The van der Waals surface area contributed by atoms with Gasteiger partial charge < -0.3 is 15.3 Å². The Morgan fingerprint density at radius 1 is 1.26 bits per heavy atom. The second kappa shape index (κ2) is 5.61. The molecular formula is C14H25N3O2. The lowest BCUT2D eigenvalue weighted by atomic mass is 10.0. The van der Waals surface area contributed by atoms with Crippen molar-refractivity contribution < 1.29 is 9.90 Å². The SMILES string of the molecule is CC(C(=O)N1CCN(CC(C)(C)O)CC1)=C1CNC1. The van der Waals surface area contributed by atoms with Crippen LogP contribution in [0.1, 0.15) is 20.8 Å². The van der Waals surface area contributed by atoms with E-state index < -0.39 is 5.60 Å². The fraction of sp³-hybridized carbons (Fsp3) is 0.786. The van der Waals surface area contributed by atoms with Crippen LogP contribution in [0.5, 0.6) is 0 Å². The van der Waals surface area contributed by atoms with E-state index >= 15 is 0 Å². The van der Waals surface area contributed by atoms with E-state index in [9.17, 15) is 9.90 Å². The molecule has 5 heteroatoms. The summed E-state index contributed by atoms with van der Waals surface area (Å²) in [5.41, 5.74) is 1.49. The van der Waals surface area contributed by atoms with Crippen LogP contribution in [-0.4, -0.2) is 72.2 Å². The third-order valence-electron chi connectivity index (χ3n) is 3.80. The first-order valence-electron chi connectivity index (χ1n) is 7.00. The fourth-order valence-electron chi connectivity index (χ4n) is 2.56. The second-order valence-corrected chi connectivity index (χ2v) is 6.21. The van der Waals surface area contributed by atoms with Crippen molar-refractivity contribution in [3.05, 3.63) is 11.1 Å². The van der Waals surface area contributed by atoms with E-state index in [1.165, 1.54) is 5.57 Å². The third-order valence-corrected chi connectivity index (χ3v) is 3.80. The molecule has 108 valence electrons. The van der Waals surface area contributed by atoms with Crippen molar-refractivity contribution in [2.45, 2.75) is 26.4 Å². The number of piperazine rings is 1. The lowest BCUT2D eigenvalue weighted by Gasteiger charge is -2.38. The monoisotopic (exact) mass is 267 g/mol. The molecule has 5 nitrogen and oxygen atoms in total. The molecule has 0 saturated carbocycles. The Bertz CT molecular complexity index is 371. The van der Waals surface area contributed by atoms with Gasteiger partial charge in [0, 0.05) is 51.4 Å². The van der Waals surface area contributed by atoms with Crippen molar-refractivity contribution in [3.8, 4) is 0 Å². The van der Waals surface area contributed by atoms with E-state index in [0.717, 1.165) is 44.8 Å². The molecule has 2 aliphatic rings. The standard InChI is InChI=1S/C14H25N3O2/c1-11(12-8-15-9-12)13(18)17-6-4-16(5-7-17)10-14(2,3)19/h15,19H,4-10H2,1-3H3. The number of rotatable bonds is 3. The quantitative estimate of drug-likeness (QED) is 0.697.